The van der Waals surface area contributed by atoms with Gasteiger partial charge in [0.25, 0.3) is 5.69 Å². The quantitative estimate of drug-likeness (QED) is 0.247. The van der Waals surface area contributed by atoms with Crippen molar-refractivity contribution in [1.82, 2.24) is 5.16 Å². The monoisotopic (exact) mass is 406 g/mol. The van der Waals surface area contributed by atoms with Gasteiger partial charge in [-0.05, 0) is 47.8 Å². The maximum absolute atomic E-state index is 13.2. The number of thiophene rings is 1. The van der Waals surface area contributed by atoms with Crippen molar-refractivity contribution in [1.29, 1.82) is 0 Å². The van der Waals surface area contributed by atoms with E-state index in [0.717, 1.165) is 0 Å². The Balaban J connectivity index is 1.86. The van der Waals surface area contributed by atoms with Crippen LogP contribution in [-0.2, 0) is 0 Å². The van der Waals surface area contributed by atoms with Crippen LogP contribution < -0.4 is 4.74 Å². The highest BCUT2D eigenvalue weighted by Gasteiger charge is 2.27. The fraction of sp³-hybridized carbons (Fsp3) is 0.0476. The first kappa shape index (κ1) is 18.6. The lowest BCUT2D eigenvalue weighted by atomic mass is 9.98. The number of non-ortho nitro benzene ring substituents is 1. The normalized spacial score (nSPS) is 10.7. The summed E-state index contributed by atoms with van der Waals surface area (Å²) < 4.78 is 10.7. The summed E-state index contributed by atoms with van der Waals surface area (Å²) in [5.41, 5.74) is 1.89. The number of rotatable bonds is 6. The third-order valence-electron chi connectivity index (χ3n) is 4.37. The molecule has 0 bridgehead atoms. The van der Waals surface area contributed by atoms with Crippen LogP contribution in [-0.4, -0.2) is 23.0 Å². The van der Waals surface area contributed by atoms with E-state index in [-0.39, 0.29) is 17.2 Å². The van der Waals surface area contributed by atoms with Crippen molar-refractivity contribution in [2.24, 2.45) is 0 Å². The van der Waals surface area contributed by atoms with E-state index >= 15 is 0 Å². The lowest BCUT2D eigenvalue weighted by Crippen LogP contribution is -2.02. The molecule has 8 heteroatoms. The second-order valence-electron chi connectivity index (χ2n) is 6.07. The van der Waals surface area contributed by atoms with Gasteiger partial charge in [-0.3, -0.25) is 14.9 Å². The lowest BCUT2D eigenvalue weighted by Gasteiger charge is -2.04. The Kier molecular flexibility index (Phi) is 4.92. The summed E-state index contributed by atoms with van der Waals surface area (Å²) in [4.78, 5) is 24.2. The minimum absolute atomic E-state index is 0.0465. The fourth-order valence-corrected chi connectivity index (χ4v) is 3.58. The van der Waals surface area contributed by atoms with Crippen molar-refractivity contribution in [3.05, 3.63) is 86.6 Å². The summed E-state index contributed by atoms with van der Waals surface area (Å²) in [6.07, 6.45) is 0. The van der Waals surface area contributed by atoms with Gasteiger partial charge in [0, 0.05) is 23.3 Å². The minimum Gasteiger partial charge on any atom is -0.497 e. The van der Waals surface area contributed by atoms with Crippen LogP contribution in [0.3, 0.4) is 0 Å². The number of hydrogen-bond acceptors (Lipinski definition) is 7. The number of benzene rings is 2. The van der Waals surface area contributed by atoms with Crippen LogP contribution in [0.25, 0.3) is 22.6 Å². The Hall–Kier alpha value is -3.78. The molecule has 144 valence electrons. The summed E-state index contributed by atoms with van der Waals surface area (Å²) in [5, 5.41) is 16.9. The number of aromatic nitrogens is 1. The molecule has 2 aromatic carbocycles. The SMILES string of the molecule is COc1ccc(-c2noc(-c3ccc([N+](=O)[O-])cc3)c2C(=O)c2cccs2)cc1. The van der Waals surface area contributed by atoms with Crippen LogP contribution in [0.2, 0.25) is 0 Å². The number of hydrogen-bond donors (Lipinski definition) is 0. The van der Waals surface area contributed by atoms with E-state index in [1.807, 2.05) is 5.38 Å². The van der Waals surface area contributed by atoms with Crippen LogP contribution in [0.1, 0.15) is 15.2 Å². The van der Waals surface area contributed by atoms with Gasteiger partial charge >= 0.3 is 0 Å². The van der Waals surface area contributed by atoms with Crippen molar-refractivity contribution in [2.75, 3.05) is 7.11 Å². The summed E-state index contributed by atoms with van der Waals surface area (Å²) in [5.74, 6) is 0.725. The molecule has 4 rings (SSSR count). The van der Waals surface area contributed by atoms with Gasteiger partial charge < -0.3 is 9.26 Å². The van der Waals surface area contributed by atoms with Crippen LogP contribution >= 0.6 is 11.3 Å². The molecule has 0 unspecified atom stereocenters. The molecule has 0 aliphatic carbocycles. The summed E-state index contributed by atoms with van der Waals surface area (Å²) in [7, 11) is 1.57. The highest BCUT2D eigenvalue weighted by molar-refractivity contribution is 7.12. The molecule has 7 nitrogen and oxygen atoms in total. The van der Waals surface area contributed by atoms with Gasteiger partial charge in [0.15, 0.2) is 5.76 Å². The standard InChI is InChI=1S/C21H14N2O5S/c1-27-16-10-6-13(7-11-16)19-18(20(24)17-3-2-12-29-17)21(28-22-19)14-4-8-15(9-5-14)23(25)26/h2-12H,1H3. The number of ketones is 1. The molecule has 0 amide bonds. The molecule has 29 heavy (non-hydrogen) atoms. The van der Waals surface area contributed by atoms with Gasteiger partial charge in [-0.2, -0.15) is 0 Å². The Morgan fingerprint density at radius 1 is 1.07 bits per heavy atom. The van der Waals surface area contributed by atoms with Crippen LogP contribution in [0.5, 0.6) is 5.75 Å². The number of ether oxygens (including phenoxy) is 1. The largest absolute Gasteiger partial charge is 0.497 e. The molecular weight excluding hydrogens is 392 g/mol. The average molecular weight is 406 g/mol. The second kappa shape index (κ2) is 7.69. The number of carbonyl (C=O) groups is 1. The van der Waals surface area contributed by atoms with Gasteiger partial charge in [0.1, 0.15) is 11.4 Å². The van der Waals surface area contributed by atoms with Gasteiger partial charge in [0.05, 0.1) is 22.5 Å². The molecule has 0 spiro atoms. The maximum atomic E-state index is 13.2. The van der Waals surface area contributed by atoms with E-state index in [1.165, 1.54) is 23.5 Å². The summed E-state index contributed by atoms with van der Waals surface area (Å²) in [6.45, 7) is 0. The van der Waals surface area contributed by atoms with Crippen molar-refractivity contribution in [3.8, 4) is 28.3 Å². The van der Waals surface area contributed by atoms with Gasteiger partial charge in [-0.15, -0.1) is 11.3 Å². The Morgan fingerprint density at radius 2 is 1.76 bits per heavy atom. The first-order chi connectivity index (χ1) is 14.1. The molecule has 0 aliphatic heterocycles. The van der Waals surface area contributed by atoms with E-state index in [1.54, 1.807) is 55.6 Å². The van der Waals surface area contributed by atoms with Crippen LogP contribution in [0.4, 0.5) is 5.69 Å². The third kappa shape index (κ3) is 3.53. The number of nitrogens with zero attached hydrogens (tertiary/aromatic N) is 2. The zero-order valence-corrected chi connectivity index (χ0v) is 16.0. The number of carbonyl (C=O) groups excluding carboxylic acids is 1. The predicted molar refractivity (Wildman–Crippen MR) is 108 cm³/mol. The first-order valence-electron chi connectivity index (χ1n) is 8.55. The molecule has 0 fully saturated rings. The Bertz CT molecular complexity index is 1160. The zero-order chi connectivity index (χ0) is 20.4. The van der Waals surface area contributed by atoms with Gasteiger partial charge in [-0.25, -0.2) is 0 Å². The first-order valence-corrected chi connectivity index (χ1v) is 9.43. The molecule has 0 aliphatic rings. The molecule has 0 radical (unpaired) electrons. The number of nitro benzene ring substituents is 1. The zero-order valence-electron chi connectivity index (χ0n) is 15.2. The van der Waals surface area contributed by atoms with E-state index in [9.17, 15) is 14.9 Å². The number of nitro groups is 1. The highest BCUT2D eigenvalue weighted by Crippen LogP contribution is 2.35. The molecule has 0 N–H and O–H groups in total. The predicted octanol–water partition coefficient (Wildman–Crippen LogP) is 5.22. The summed E-state index contributed by atoms with van der Waals surface area (Å²) >= 11 is 1.32. The second-order valence-corrected chi connectivity index (χ2v) is 7.02. The Labute approximate surface area is 169 Å². The lowest BCUT2D eigenvalue weighted by molar-refractivity contribution is -0.384. The van der Waals surface area contributed by atoms with E-state index in [2.05, 4.69) is 5.16 Å². The average Bonchev–Trinajstić information content (AvgIpc) is 3.44. The molecule has 2 aromatic heterocycles. The Morgan fingerprint density at radius 3 is 2.34 bits per heavy atom. The van der Waals surface area contributed by atoms with E-state index in [0.29, 0.717) is 33.0 Å². The van der Waals surface area contributed by atoms with Crippen molar-refractivity contribution < 1.29 is 19.0 Å². The van der Waals surface area contributed by atoms with Crippen molar-refractivity contribution >= 4 is 22.8 Å². The molecule has 0 saturated heterocycles. The third-order valence-corrected chi connectivity index (χ3v) is 5.24. The topological polar surface area (TPSA) is 95.5 Å². The molecule has 0 saturated carbocycles. The van der Waals surface area contributed by atoms with E-state index < -0.39 is 4.92 Å². The van der Waals surface area contributed by atoms with Crippen LogP contribution in [0.15, 0.2) is 70.6 Å². The van der Waals surface area contributed by atoms with Crippen molar-refractivity contribution in [2.45, 2.75) is 0 Å². The maximum Gasteiger partial charge on any atom is 0.269 e. The van der Waals surface area contributed by atoms with E-state index in [4.69, 9.17) is 9.26 Å². The summed E-state index contributed by atoms with van der Waals surface area (Å²) in [6, 6.07) is 16.5. The molecule has 2 heterocycles. The highest BCUT2D eigenvalue weighted by atomic mass is 32.1. The van der Waals surface area contributed by atoms with Crippen LogP contribution in [0, 0.1) is 10.1 Å². The fourth-order valence-electron chi connectivity index (χ4n) is 2.91. The van der Waals surface area contributed by atoms with Gasteiger partial charge in [-0.1, -0.05) is 11.2 Å². The molecular formula is C21H14N2O5S. The van der Waals surface area contributed by atoms with Crippen molar-refractivity contribution in [3.63, 3.8) is 0 Å². The van der Waals surface area contributed by atoms with Gasteiger partial charge in [0.2, 0.25) is 5.78 Å². The smallest absolute Gasteiger partial charge is 0.269 e. The molecule has 0 atom stereocenters. The number of methoxy groups -OCH3 is 1. The minimum atomic E-state index is -0.481. The molecule has 4 aromatic rings.